The monoisotopic (exact) mass is 293 g/mol. The smallest absolute Gasteiger partial charge is 0.231 e. The Morgan fingerprint density at radius 3 is 3.10 bits per heavy atom. The number of amides is 1. The van der Waals surface area contributed by atoms with Crippen LogP contribution in [0.25, 0.3) is 0 Å². The number of carbonyl (C=O) groups excluding carboxylic acids is 1. The summed E-state index contributed by atoms with van der Waals surface area (Å²) in [6.07, 6.45) is -0.0204. The van der Waals surface area contributed by atoms with Crippen molar-refractivity contribution >= 4 is 17.7 Å². The summed E-state index contributed by atoms with van der Waals surface area (Å²) in [6.45, 7) is 1.11. The van der Waals surface area contributed by atoms with Crippen LogP contribution in [-0.4, -0.2) is 31.2 Å². The number of fused-ring (bicyclic) bond motifs is 2. The van der Waals surface area contributed by atoms with E-state index in [1.165, 1.54) is 5.56 Å². The van der Waals surface area contributed by atoms with Crippen molar-refractivity contribution in [1.82, 2.24) is 16.2 Å². The predicted molar refractivity (Wildman–Crippen MR) is 74.3 cm³/mol. The highest BCUT2D eigenvalue weighted by atomic mass is 32.2. The van der Waals surface area contributed by atoms with E-state index >= 15 is 0 Å². The maximum absolute atomic E-state index is 11.7. The van der Waals surface area contributed by atoms with E-state index in [0.29, 0.717) is 11.7 Å². The van der Waals surface area contributed by atoms with Gasteiger partial charge in [-0.25, -0.2) is 5.43 Å². The zero-order valence-corrected chi connectivity index (χ0v) is 11.5. The van der Waals surface area contributed by atoms with Crippen LogP contribution in [0.1, 0.15) is 10.8 Å². The molecule has 3 aliphatic heterocycles. The second-order valence-corrected chi connectivity index (χ2v) is 6.21. The summed E-state index contributed by atoms with van der Waals surface area (Å²) in [4.78, 5) is 11.7. The summed E-state index contributed by atoms with van der Waals surface area (Å²) >= 11 is 1.68. The van der Waals surface area contributed by atoms with Crippen molar-refractivity contribution in [1.29, 1.82) is 0 Å². The Hall–Kier alpha value is -1.44. The molecule has 3 atom stereocenters. The van der Waals surface area contributed by atoms with Gasteiger partial charge in [0, 0.05) is 17.7 Å². The normalized spacial score (nSPS) is 31.6. The van der Waals surface area contributed by atoms with Crippen LogP contribution < -0.4 is 25.6 Å². The van der Waals surface area contributed by atoms with Gasteiger partial charge in [0.2, 0.25) is 12.7 Å². The first kappa shape index (κ1) is 12.3. The van der Waals surface area contributed by atoms with E-state index in [0.717, 1.165) is 18.0 Å². The van der Waals surface area contributed by atoms with Gasteiger partial charge in [-0.1, -0.05) is 6.07 Å². The molecule has 2 saturated heterocycles. The third-order valence-corrected chi connectivity index (χ3v) is 5.26. The van der Waals surface area contributed by atoms with Crippen LogP contribution >= 0.6 is 11.8 Å². The lowest BCUT2D eigenvalue weighted by molar-refractivity contribution is -0.119. The Bertz CT molecular complexity index is 554. The van der Waals surface area contributed by atoms with Gasteiger partial charge in [0.05, 0.1) is 11.9 Å². The molecule has 0 spiro atoms. The largest absolute Gasteiger partial charge is 0.454 e. The first-order valence-corrected chi connectivity index (χ1v) is 7.65. The highest BCUT2D eigenvalue weighted by molar-refractivity contribution is 8.00. The van der Waals surface area contributed by atoms with Gasteiger partial charge in [-0.05, 0) is 17.7 Å². The Morgan fingerprint density at radius 2 is 2.15 bits per heavy atom. The molecular weight excluding hydrogens is 278 g/mol. The number of benzene rings is 1. The molecule has 0 radical (unpaired) electrons. The molecule has 1 amide bonds. The first-order chi connectivity index (χ1) is 9.81. The maximum atomic E-state index is 11.7. The summed E-state index contributed by atoms with van der Waals surface area (Å²) in [6, 6.07) is 6.05. The summed E-state index contributed by atoms with van der Waals surface area (Å²) in [7, 11) is 0. The fraction of sp³-hybridized carbons (Fsp3) is 0.462. The molecule has 20 heavy (non-hydrogen) atoms. The van der Waals surface area contributed by atoms with Gasteiger partial charge in [-0.15, -0.1) is 11.8 Å². The lowest BCUT2D eigenvalue weighted by atomic mass is 9.96. The summed E-state index contributed by atoms with van der Waals surface area (Å²) in [5, 5.41) is 3.25. The highest BCUT2D eigenvalue weighted by Crippen LogP contribution is 2.43. The molecule has 0 aliphatic carbocycles. The van der Waals surface area contributed by atoms with Crippen LogP contribution in [0.5, 0.6) is 11.5 Å². The molecule has 0 bridgehead atoms. The second-order valence-electron chi connectivity index (χ2n) is 5.08. The minimum Gasteiger partial charge on any atom is -0.454 e. The third kappa shape index (κ3) is 2.02. The fourth-order valence-corrected chi connectivity index (χ4v) is 4.13. The van der Waals surface area contributed by atoms with E-state index in [1.807, 2.05) is 12.1 Å². The summed E-state index contributed by atoms with van der Waals surface area (Å²) in [5.74, 6) is 2.45. The van der Waals surface area contributed by atoms with E-state index in [1.54, 1.807) is 11.8 Å². The van der Waals surface area contributed by atoms with Gasteiger partial charge in [-0.2, -0.15) is 0 Å². The van der Waals surface area contributed by atoms with E-state index < -0.39 is 0 Å². The van der Waals surface area contributed by atoms with Crippen molar-refractivity contribution in [2.45, 2.75) is 11.4 Å². The zero-order chi connectivity index (χ0) is 13.5. The van der Waals surface area contributed by atoms with Crippen molar-refractivity contribution in [2.75, 3.05) is 19.1 Å². The number of carbonyl (C=O) groups is 1. The van der Waals surface area contributed by atoms with Crippen molar-refractivity contribution < 1.29 is 14.3 Å². The Balaban J connectivity index is 1.67. The topological polar surface area (TPSA) is 71.6 Å². The molecule has 7 heteroatoms. The number of ether oxygens (including phenoxy) is 2. The van der Waals surface area contributed by atoms with Gasteiger partial charge in [0.25, 0.3) is 0 Å². The van der Waals surface area contributed by atoms with E-state index in [-0.39, 0.29) is 24.1 Å². The standard InChI is InChI=1S/C13H15N3O3S/c17-11-5-20-12(8-4-14-16-13(8)15-11)7-1-2-9-10(3-7)19-6-18-9/h1-3,8,12-14,16H,4-6H2,(H,15,17). The van der Waals surface area contributed by atoms with E-state index in [2.05, 4.69) is 22.2 Å². The van der Waals surface area contributed by atoms with E-state index in [4.69, 9.17) is 9.47 Å². The van der Waals surface area contributed by atoms with Crippen molar-refractivity contribution in [3.05, 3.63) is 23.8 Å². The molecule has 6 nitrogen and oxygen atoms in total. The quantitative estimate of drug-likeness (QED) is 0.695. The van der Waals surface area contributed by atoms with Gasteiger partial charge in [-0.3, -0.25) is 10.2 Å². The Kier molecular flexibility index (Phi) is 2.98. The van der Waals surface area contributed by atoms with Gasteiger partial charge >= 0.3 is 0 Å². The molecule has 3 heterocycles. The van der Waals surface area contributed by atoms with Crippen molar-refractivity contribution in [3.8, 4) is 11.5 Å². The van der Waals surface area contributed by atoms with Crippen molar-refractivity contribution in [3.63, 3.8) is 0 Å². The van der Waals surface area contributed by atoms with Crippen LogP contribution in [-0.2, 0) is 4.79 Å². The molecular formula is C13H15N3O3S. The molecule has 0 aromatic heterocycles. The first-order valence-electron chi connectivity index (χ1n) is 6.60. The van der Waals surface area contributed by atoms with Gasteiger partial charge in [0.1, 0.15) is 0 Å². The lowest BCUT2D eigenvalue weighted by Crippen LogP contribution is -2.46. The summed E-state index contributed by atoms with van der Waals surface area (Å²) in [5.41, 5.74) is 7.44. The molecule has 1 aromatic rings. The van der Waals surface area contributed by atoms with Crippen LogP contribution in [0.2, 0.25) is 0 Å². The van der Waals surface area contributed by atoms with Gasteiger partial charge in [0.15, 0.2) is 11.5 Å². The third-order valence-electron chi connectivity index (χ3n) is 3.85. The Morgan fingerprint density at radius 1 is 1.25 bits per heavy atom. The maximum Gasteiger partial charge on any atom is 0.231 e. The fourth-order valence-electron chi connectivity index (χ4n) is 2.87. The average molecular weight is 293 g/mol. The Labute approximate surface area is 120 Å². The average Bonchev–Trinajstić information content (AvgIpc) is 3.05. The highest BCUT2D eigenvalue weighted by Gasteiger charge is 2.38. The molecule has 2 fully saturated rings. The molecule has 3 N–H and O–H groups in total. The molecule has 0 saturated carbocycles. The minimum absolute atomic E-state index is 0.0204. The number of rotatable bonds is 1. The zero-order valence-electron chi connectivity index (χ0n) is 10.7. The second kappa shape index (κ2) is 4.83. The number of nitrogens with one attached hydrogen (secondary N) is 3. The molecule has 1 aromatic carbocycles. The number of hydrazine groups is 1. The SMILES string of the molecule is O=C1CSC(c2ccc3c(c2)OCO3)C2CNNC2N1. The lowest BCUT2D eigenvalue weighted by Gasteiger charge is -2.24. The number of hydrogen-bond acceptors (Lipinski definition) is 6. The van der Waals surface area contributed by atoms with Crippen LogP contribution in [0.3, 0.4) is 0 Å². The molecule has 3 unspecified atom stereocenters. The predicted octanol–water partition coefficient (Wildman–Crippen LogP) is 0.369. The van der Waals surface area contributed by atoms with Crippen molar-refractivity contribution in [2.24, 2.45) is 5.92 Å². The molecule has 106 valence electrons. The molecule has 3 aliphatic rings. The van der Waals surface area contributed by atoms with Crippen LogP contribution in [0, 0.1) is 5.92 Å². The minimum atomic E-state index is -0.0204. The molecule has 4 rings (SSSR count). The number of thioether (sulfide) groups is 1. The van der Waals surface area contributed by atoms with Gasteiger partial charge < -0.3 is 14.8 Å². The van der Waals surface area contributed by atoms with Crippen LogP contribution in [0.4, 0.5) is 0 Å². The van der Waals surface area contributed by atoms with Crippen LogP contribution in [0.15, 0.2) is 18.2 Å². The number of hydrogen-bond donors (Lipinski definition) is 3. The van der Waals surface area contributed by atoms with E-state index in [9.17, 15) is 4.79 Å². The summed E-state index contributed by atoms with van der Waals surface area (Å²) < 4.78 is 10.8.